The molecule has 5 nitrogen and oxygen atoms in total. The molecule has 0 spiro atoms. The summed E-state index contributed by atoms with van der Waals surface area (Å²) in [6, 6.07) is 13.1. The van der Waals surface area contributed by atoms with Crippen molar-refractivity contribution in [3.05, 3.63) is 69.8 Å². The topological polar surface area (TPSA) is 55.2 Å². The molecule has 0 aliphatic rings. The molecule has 158 valence electrons. The number of amides is 1. The van der Waals surface area contributed by atoms with E-state index >= 15 is 0 Å². The molecule has 0 N–H and O–H groups in total. The van der Waals surface area contributed by atoms with Crippen LogP contribution in [0.25, 0.3) is 16.6 Å². The Balaban J connectivity index is 2.32. The molecule has 0 saturated carbocycles. The molecule has 0 fully saturated rings. The van der Waals surface area contributed by atoms with Gasteiger partial charge in [-0.1, -0.05) is 50.6 Å². The van der Waals surface area contributed by atoms with Gasteiger partial charge in [0.25, 0.3) is 5.56 Å². The number of fused-ring (bicyclic) bond motifs is 1. The highest BCUT2D eigenvalue weighted by molar-refractivity contribution is 5.80. The molecule has 3 aromatic rings. The van der Waals surface area contributed by atoms with Crippen molar-refractivity contribution >= 4 is 16.8 Å². The first kappa shape index (κ1) is 21.8. The third-order valence-corrected chi connectivity index (χ3v) is 5.48. The molecule has 1 atom stereocenters. The molecule has 0 radical (unpaired) electrons. The summed E-state index contributed by atoms with van der Waals surface area (Å²) >= 11 is 0. The minimum Gasteiger partial charge on any atom is -0.333 e. The molecule has 0 saturated heterocycles. The van der Waals surface area contributed by atoms with Gasteiger partial charge in [0.05, 0.1) is 22.6 Å². The van der Waals surface area contributed by atoms with Crippen LogP contribution >= 0.6 is 0 Å². The first-order chi connectivity index (χ1) is 14.3. The lowest BCUT2D eigenvalue weighted by Gasteiger charge is -2.32. The average molecular weight is 406 g/mol. The summed E-state index contributed by atoms with van der Waals surface area (Å²) in [6.07, 6.45) is 0.837. The summed E-state index contributed by atoms with van der Waals surface area (Å²) < 4.78 is 1.69. The fourth-order valence-electron chi connectivity index (χ4n) is 3.93. The largest absolute Gasteiger partial charge is 0.333 e. The molecule has 3 rings (SSSR count). The molecule has 0 bridgehead atoms. The quantitative estimate of drug-likeness (QED) is 0.582. The van der Waals surface area contributed by atoms with Gasteiger partial charge in [0, 0.05) is 12.5 Å². The predicted molar refractivity (Wildman–Crippen MR) is 122 cm³/mol. The molecular weight excluding hydrogens is 374 g/mol. The van der Waals surface area contributed by atoms with E-state index < -0.39 is 0 Å². The van der Waals surface area contributed by atoms with E-state index in [0.29, 0.717) is 23.3 Å². The molecule has 5 heteroatoms. The van der Waals surface area contributed by atoms with Crippen molar-refractivity contribution in [2.24, 2.45) is 5.92 Å². The lowest BCUT2D eigenvalue weighted by molar-refractivity contribution is -0.136. The zero-order valence-electron chi connectivity index (χ0n) is 18.8. The van der Waals surface area contributed by atoms with Gasteiger partial charge in [0.2, 0.25) is 5.91 Å². The summed E-state index contributed by atoms with van der Waals surface area (Å²) in [5.41, 5.74) is 3.48. The first-order valence-corrected chi connectivity index (χ1v) is 10.7. The monoisotopic (exact) mass is 405 g/mol. The van der Waals surface area contributed by atoms with Crippen LogP contribution in [0.2, 0.25) is 0 Å². The number of carbonyl (C=O) groups excluding carboxylic acids is 1. The van der Waals surface area contributed by atoms with Gasteiger partial charge in [-0.3, -0.25) is 14.2 Å². The molecule has 1 unspecified atom stereocenters. The summed E-state index contributed by atoms with van der Waals surface area (Å²) in [5, 5.41) is 0.575. The third-order valence-electron chi connectivity index (χ3n) is 5.48. The van der Waals surface area contributed by atoms with E-state index in [1.165, 1.54) is 0 Å². The SMILES string of the molecule is CCCN(C(=O)C(C)C)C(C)c1nc2ccccc2c(=O)n1-c1ccc(C)cc1C. The zero-order chi connectivity index (χ0) is 22.0. The minimum absolute atomic E-state index is 0.0685. The zero-order valence-corrected chi connectivity index (χ0v) is 18.8. The van der Waals surface area contributed by atoms with Crippen molar-refractivity contribution in [3.8, 4) is 5.69 Å². The molecule has 30 heavy (non-hydrogen) atoms. The highest BCUT2D eigenvalue weighted by Gasteiger charge is 2.28. The number of aromatic nitrogens is 2. The molecule has 1 aromatic heterocycles. The van der Waals surface area contributed by atoms with Crippen molar-refractivity contribution in [1.82, 2.24) is 14.5 Å². The number of rotatable bonds is 6. The number of hydrogen-bond acceptors (Lipinski definition) is 3. The lowest BCUT2D eigenvalue weighted by atomic mass is 10.1. The van der Waals surface area contributed by atoms with Gasteiger partial charge in [0.1, 0.15) is 5.82 Å². The summed E-state index contributed by atoms with van der Waals surface area (Å²) in [7, 11) is 0. The standard InChI is InChI=1S/C25H31N3O2/c1-7-14-27(24(29)16(2)3)19(6)23-26-21-11-9-8-10-20(21)25(30)28(23)22-13-12-17(4)15-18(22)5/h8-13,15-16,19H,7,14H2,1-6H3. The smallest absolute Gasteiger partial charge is 0.266 e. The number of hydrogen-bond donors (Lipinski definition) is 0. The second-order valence-electron chi connectivity index (χ2n) is 8.28. The van der Waals surface area contributed by atoms with Gasteiger partial charge in [-0.15, -0.1) is 0 Å². The average Bonchev–Trinajstić information content (AvgIpc) is 2.71. The molecule has 0 aliphatic carbocycles. The Hall–Kier alpha value is -2.95. The van der Waals surface area contributed by atoms with Crippen LogP contribution in [0.3, 0.4) is 0 Å². The highest BCUT2D eigenvalue weighted by atomic mass is 16.2. The molecule has 0 aliphatic heterocycles. The fraction of sp³-hybridized carbons (Fsp3) is 0.400. The molecular formula is C25H31N3O2. The van der Waals surface area contributed by atoms with E-state index in [9.17, 15) is 9.59 Å². The van der Waals surface area contributed by atoms with Gasteiger partial charge in [0.15, 0.2) is 0 Å². The Morgan fingerprint density at radius 2 is 1.80 bits per heavy atom. The third kappa shape index (κ3) is 4.02. The van der Waals surface area contributed by atoms with Crippen LogP contribution in [-0.2, 0) is 4.79 Å². The maximum atomic E-state index is 13.6. The molecule has 2 aromatic carbocycles. The Labute approximate surface area is 178 Å². The second-order valence-corrected chi connectivity index (χ2v) is 8.28. The Bertz CT molecular complexity index is 1130. The van der Waals surface area contributed by atoms with Gasteiger partial charge in [-0.05, 0) is 51.0 Å². The summed E-state index contributed by atoms with van der Waals surface area (Å²) in [5.74, 6) is 0.535. The van der Waals surface area contributed by atoms with Gasteiger partial charge in [-0.2, -0.15) is 0 Å². The van der Waals surface area contributed by atoms with Crippen LogP contribution < -0.4 is 5.56 Å². The van der Waals surface area contributed by atoms with Crippen molar-refractivity contribution < 1.29 is 4.79 Å². The predicted octanol–water partition coefficient (Wildman–Crippen LogP) is 4.96. The Kier molecular flexibility index (Phi) is 6.40. The minimum atomic E-state index is -0.335. The normalized spacial score (nSPS) is 12.4. The van der Waals surface area contributed by atoms with Crippen molar-refractivity contribution in [2.45, 2.75) is 54.0 Å². The van der Waals surface area contributed by atoms with E-state index in [4.69, 9.17) is 4.98 Å². The van der Waals surface area contributed by atoms with E-state index in [2.05, 4.69) is 13.0 Å². The Morgan fingerprint density at radius 3 is 2.43 bits per heavy atom. The number of benzene rings is 2. The van der Waals surface area contributed by atoms with E-state index in [-0.39, 0.29) is 23.4 Å². The highest BCUT2D eigenvalue weighted by Crippen LogP contribution is 2.26. The van der Waals surface area contributed by atoms with E-state index in [1.807, 2.05) is 75.9 Å². The number of nitrogens with zero attached hydrogens (tertiary/aromatic N) is 3. The lowest BCUT2D eigenvalue weighted by Crippen LogP contribution is -2.40. The van der Waals surface area contributed by atoms with E-state index in [1.54, 1.807) is 4.57 Å². The van der Waals surface area contributed by atoms with Crippen LogP contribution in [0.1, 0.15) is 57.1 Å². The van der Waals surface area contributed by atoms with Crippen LogP contribution in [-0.4, -0.2) is 26.9 Å². The number of carbonyl (C=O) groups is 1. The van der Waals surface area contributed by atoms with Crippen LogP contribution in [0, 0.1) is 19.8 Å². The van der Waals surface area contributed by atoms with Gasteiger partial charge >= 0.3 is 0 Å². The van der Waals surface area contributed by atoms with Crippen molar-refractivity contribution in [2.75, 3.05) is 6.54 Å². The maximum Gasteiger partial charge on any atom is 0.266 e. The second kappa shape index (κ2) is 8.82. The van der Waals surface area contributed by atoms with Crippen molar-refractivity contribution in [3.63, 3.8) is 0 Å². The Morgan fingerprint density at radius 1 is 1.10 bits per heavy atom. The van der Waals surface area contributed by atoms with Crippen molar-refractivity contribution in [1.29, 1.82) is 0 Å². The summed E-state index contributed by atoms with van der Waals surface area (Å²) in [4.78, 5) is 33.3. The van der Waals surface area contributed by atoms with Gasteiger partial charge in [-0.25, -0.2) is 4.98 Å². The molecule has 1 heterocycles. The maximum absolute atomic E-state index is 13.6. The fourth-order valence-corrected chi connectivity index (χ4v) is 3.93. The summed E-state index contributed by atoms with van der Waals surface area (Å²) in [6.45, 7) is 12.5. The van der Waals surface area contributed by atoms with Crippen LogP contribution in [0.5, 0.6) is 0 Å². The van der Waals surface area contributed by atoms with E-state index in [0.717, 1.165) is 23.2 Å². The van der Waals surface area contributed by atoms with Crippen LogP contribution in [0.4, 0.5) is 0 Å². The first-order valence-electron chi connectivity index (χ1n) is 10.7. The number of aryl methyl sites for hydroxylation is 2. The van der Waals surface area contributed by atoms with Crippen LogP contribution in [0.15, 0.2) is 47.3 Å². The number of para-hydroxylation sites is 1. The molecule has 1 amide bonds. The van der Waals surface area contributed by atoms with Gasteiger partial charge < -0.3 is 4.90 Å².